The SMILES string of the molecule is C[Si](Cl)(Cl)CCCOc1ccc(C(=O)C=Cc2ccccc2)cc1. The Balaban J connectivity index is 1.85. The first-order chi connectivity index (χ1) is 11.4. The zero-order chi connectivity index (χ0) is 17.4. The summed E-state index contributed by atoms with van der Waals surface area (Å²) in [7, 11) is 0. The highest BCUT2D eigenvalue weighted by Gasteiger charge is 2.19. The summed E-state index contributed by atoms with van der Waals surface area (Å²) in [5.74, 6) is 0.711. The minimum atomic E-state index is -2.04. The lowest BCUT2D eigenvalue weighted by atomic mass is 10.1. The molecule has 0 N–H and O–H groups in total. The molecule has 2 aromatic carbocycles. The molecular formula is C19H20Cl2O2Si. The normalized spacial score (nSPS) is 11.6. The zero-order valence-electron chi connectivity index (χ0n) is 13.5. The van der Waals surface area contributed by atoms with E-state index in [0.29, 0.717) is 12.2 Å². The van der Waals surface area contributed by atoms with Crippen molar-refractivity contribution in [2.75, 3.05) is 6.61 Å². The molecular weight excluding hydrogens is 359 g/mol. The maximum atomic E-state index is 12.1. The van der Waals surface area contributed by atoms with Crippen LogP contribution in [-0.4, -0.2) is 19.1 Å². The van der Waals surface area contributed by atoms with Crippen molar-refractivity contribution in [2.45, 2.75) is 19.0 Å². The predicted octanol–water partition coefficient (Wildman–Crippen LogP) is 5.90. The Kier molecular flexibility index (Phi) is 7.10. The third-order valence-electron chi connectivity index (χ3n) is 3.39. The average molecular weight is 379 g/mol. The van der Waals surface area contributed by atoms with Crippen LogP contribution in [0.4, 0.5) is 0 Å². The molecule has 0 heterocycles. The van der Waals surface area contributed by atoms with Gasteiger partial charge in [-0.05, 0) is 54.9 Å². The van der Waals surface area contributed by atoms with Gasteiger partial charge in [0, 0.05) is 5.56 Å². The molecule has 0 saturated heterocycles. The van der Waals surface area contributed by atoms with Gasteiger partial charge in [0.25, 0.3) is 0 Å². The first-order valence-corrected chi connectivity index (χ1v) is 12.6. The van der Waals surface area contributed by atoms with Crippen LogP contribution in [0.2, 0.25) is 12.6 Å². The van der Waals surface area contributed by atoms with Gasteiger partial charge in [0.05, 0.1) is 6.61 Å². The first kappa shape index (κ1) is 18.8. The van der Waals surface area contributed by atoms with Crippen LogP contribution >= 0.6 is 22.2 Å². The summed E-state index contributed by atoms with van der Waals surface area (Å²) in [4.78, 5) is 12.1. The van der Waals surface area contributed by atoms with Crippen molar-refractivity contribution in [1.29, 1.82) is 0 Å². The molecule has 0 bridgehead atoms. The average Bonchev–Trinajstić information content (AvgIpc) is 2.57. The highest BCUT2D eigenvalue weighted by atomic mass is 35.7. The van der Waals surface area contributed by atoms with Crippen molar-refractivity contribution in [3.8, 4) is 5.75 Å². The number of rotatable bonds is 8. The second-order valence-electron chi connectivity index (χ2n) is 5.65. The molecule has 0 atom stereocenters. The number of hydrogen-bond acceptors (Lipinski definition) is 2. The van der Waals surface area contributed by atoms with Crippen LogP contribution in [0.5, 0.6) is 5.75 Å². The standard InChI is InChI=1S/C19H20Cl2O2Si/c1-24(20,21)15-5-14-23-18-11-9-17(10-12-18)19(22)13-8-16-6-3-2-4-7-16/h2-4,6-13H,5,14-15H2,1H3. The molecule has 0 amide bonds. The van der Waals surface area contributed by atoms with Gasteiger partial charge in [-0.3, -0.25) is 4.79 Å². The summed E-state index contributed by atoms with van der Waals surface area (Å²) in [6.45, 7) is 0.431. The van der Waals surface area contributed by atoms with E-state index < -0.39 is 6.69 Å². The van der Waals surface area contributed by atoms with Crippen molar-refractivity contribution in [3.05, 3.63) is 71.8 Å². The molecule has 0 fully saturated rings. The second kappa shape index (κ2) is 9.07. The van der Waals surface area contributed by atoms with Crippen LogP contribution in [0.1, 0.15) is 22.3 Å². The fraction of sp³-hybridized carbons (Fsp3) is 0.211. The molecule has 0 aliphatic carbocycles. The van der Waals surface area contributed by atoms with Gasteiger partial charge in [0.2, 0.25) is 6.69 Å². The maximum absolute atomic E-state index is 12.1. The van der Waals surface area contributed by atoms with Crippen molar-refractivity contribution >= 4 is 40.7 Å². The summed E-state index contributed by atoms with van der Waals surface area (Å²) >= 11 is 12.1. The van der Waals surface area contributed by atoms with Gasteiger partial charge in [-0.1, -0.05) is 36.4 Å². The lowest BCUT2D eigenvalue weighted by molar-refractivity contribution is 0.104. The number of carbonyl (C=O) groups is 1. The fourth-order valence-corrected chi connectivity index (χ4v) is 3.69. The Labute approximate surface area is 153 Å². The van der Waals surface area contributed by atoms with Crippen LogP contribution < -0.4 is 4.74 Å². The van der Waals surface area contributed by atoms with Crippen molar-refractivity contribution in [2.24, 2.45) is 0 Å². The van der Waals surface area contributed by atoms with Crippen molar-refractivity contribution < 1.29 is 9.53 Å². The predicted molar refractivity (Wildman–Crippen MR) is 104 cm³/mol. The van der Waals surface area contributed by atoms with E-state index in [1.807, 2.05) is 55.1 Å². The highest BCUT2D eigenvalue weighted by molar-refractivity contribution is 7.44. The first-order valence-electron chi connectivity index (χ1n) is 7.82. The Morgan fingerprint density at radius 3 is 2.38 bits per heavy atom. The van der Waals surface area contributed by atoms with E-state index in [1.165, 1.54) is 0 Å². The monoisotopic (exact) mass is 378 g/mol. The Bertz CT molecular complexity index is 677. The number of ether oxygens (including phenoxy) is 1. The maximum Gasteiger partial charge on any atom is 0.248 e. The summed E-state index contributed by atoms with van der Waals surface area (Å²) in [6.07, 6.45) is 4.22. The summed E-state index contributed by atoms with van der Waals surface area (Å²) in [5, 5.41) is 0. The van der Waals surface area contributed by atoms with E-state index in [1.54, 1.807) is 18.2 Å². The van der Waals surface area contributed by atoms with Crippen LogP contribution in [0.15, 0.2) is 60.7 Å². The van der Waals surface area contributed by atoms with E-state index in [4.69, 9.17) is 26.9 Å². The minimum Gasteiger partial charge on any atom is -0.494 e. The zero-order valence-corrected chi connectivity index (χ0v) is 16.1. The van der Waals surface area contributed by atoms with Crippen molar-refractivity contribution in [3.63, 3.8) is 0 Å². The van der Waals surface area contributed by atoms with Crippen LogP contribution in [0, 0.1) is 0 Å². The molecule has 5 heteroatoms. The third kappa shape index (κ3) is 6.91. The number of allylic oxidation sites excluding steroid dienone is 1. The number of benzene rings is 2. The lowest BCUT2D eigenvalue weighted by Crippen LogP contribution is -2.13. The van der Waals surface area contributed by atoms with Gasteiger partial charge in [0.15, 0.2) is 5.78 Å². The van der Waals surface area contributed by atoms with Gasteiger partial charge in [-0.15, -0.1) is 22.2 Å². The van der Waals surface area contributed by atoms with Crippen LogP contribution in [-0.2, 0) is 0 Å². The van der Waals surface area contributed by atoms with Gasteiger partial charge in [0.1, 0.15) is 5.75 Å². The molecule has 2 nitrogen and oxygen atoms in total. The molecule has 0 unspecified atom stereocenters. The lowest BCUT2D eigenvalue weighted by Gasteiger charge is -2.10. The molecule has 0 saturated carbocycles. The summed E-state index contributed by atoms with van der Waals surface area (Å²) in [5.41, 5.74) is 1.64. The molecule has 24 heavy (non-hydrogen) atoms. The van der Waals surface area contributed by atoms with E-state index in [0.717, 1.165) is 23.8 Å². The van der Waals surface area contributed by atoms with Gasteiger partial charge in [-0.2, -0.15) is 0 Å². The van der Waals surface area contributed by atoms with Crippen LogP contribution in [0.3, 0.4) is 0 Å². The van der Waals surface area contributed by atoms with Gasteiger partial charge in [-0.25, -0.2) is 0 Å². The molecule has 2 rings (SSSR count). The Hall–Kier alpha value is -1.55. The molecule has 2 aromatic rings. The Morgan fingerprint density at radius 2 is 1.75 bits per heavy atom. The van der Waals surface area contributed by atoms with Gasteiger partial charge >= 0.3 is 0 Å². The van der Waals surface area contributed by atoms with Gasteiger partial charge < -0.3 is 4.74 Å². The van der Waals surface area contributed by atoms with Crippen LogP contribution in [0.25, 0.3) is 6.08 Å². The molecule has 0 spiro atoms. The van der Waals surface area contributed by atoms with E-state index in [-0.39, 0.29) is 5.78 Å². The molecule has 126 valence electrons. The van der Waals surface area contributed by atoms with E-state index in [2.05, 4.69) is 0 Å². The largest absolute Gasteiger partial charge is 0.494 e. The molecule has 0 aliphatic heterocycles. The summed E-state index contributed by atoms with van der Waals surface area (Å²) < 4.78 is 5.64. The number of hydrogen-bond donors (Lipinski definition) is 0. The van der Waals surface area contributed by atoms with Crippen molar-refractivity contribution in [1.82, 2.24) is 0 Å². The smallest absolute Gasteiger partial charge is 0.248 e. The van der Waals surface area contributed by atoms with E-state index >= 15 is 0 Å². The number of carbonyl (C=O) groups excluding carboxylic acids is 1. The number of halogens is 2. The fourth-order valence-electron chi connectivity index (χ4n) is 2.12. The Morgan fingerprint density at radius 1 is 1.08 bits per heavy atom. The molecule has 0 aliphatic rings. The topological polar surface area (TPSA) is 26.3 Å². The molecule has 0 aromatic heterocycles. The molecule has 0 radical (unpaired) electrons. The number of ketones is 1. The third-order valence-corrected chi connectivity index (χ3v) is 5.76. The second-order valence-corrected chi connectivity index (χ2v) is 13.9. The highest BCUT2D eigenvalue weighted by Crippen LogP contribution is 2.22. The quantitative estimate of drug-likeness (QED) is 0.188. The van der Waals surface area contributed by atoms with E-state index in [9.17, 15) is 4.79 Å². The summed E-state index contributed by atoms with van der Waals surface area (Å²) in [6, 6.07) is 17.7. The minimum absolute atomic E-state index is 0.0311.